The molecule has 0 aliphatic rings. The lowest BCUT2D eigenvalue weighted by Crippen LogP contribution is -2.28. The van der Waals surface area contributed by atoms with E-state index in [1.165, 1.54) is 7.11 Å². The van der Waals surface area contributed by atoms with E-state index in [1.807, 2.05) is 19.1 Å². The molecule has 1 N–H and O–H groups in total. The number of rotatable bonds is 4. The van der Waals surface area contributed by atoms with Crippen molar-refractivity contribution in [3.8, 4) is 5.75 Å². The Bertz CT molecular complexity index is 350. The maximum atomic E-state index is 11.9. The monoisotopic (exact) mass is 233 g/mol. The smallest absolute Gasteiger partial charge is 0.401 e. The van der Waals surface area contributed by atoms with Gasteiger partial charge < -0.3 is 10.1 Å². The largest absolute Gasteiger partial charge is 0.496 e. The van der Waals surface area contributed by atoms with Gasteiger partial charge in [-0.1, -0.05) is 17.7 Å². The van der Waals surface area contributed by atoms with Gasteiger partial charge in [0.2, 0.25) is 0 Å². The molecule has 0 saturated heterocycles. The molecule has 0 aromatic heterocycles. The predicted molar refractivity (Wildman–Crippen MR) is 55.5 cm³/mol. The summed E-state index contributed by atoms with van der Waals surface area (Å²) in [6.45, 7) is 1.03. The molecule has 1 aromatic rings. The first-order chi connectivity index (χ1) is 7.42. The molecule has 16 heavy (non-hydrogen) atoms. The molecule has 1 aromatic carbocycles. The molecular weight excluding hydrogens is 219 g/mol. The van der Waals surface area contributed by atoms with E-state index < -0.39 is 12.7 Å². The molecule has 90 valence electrons. The summed E-state index contributed by atoms with van der Waals surface area (Å²) in [7, 11) is 1.50. The van der Waals surface area contributed by atoms with Crippen LogP contribution in [0.15, 0.2) is 18.2 Å². The molecule has 0 bridgehead atoms. The molecule has 0 heterocycles. The summed E-state index contributed by atoms with van der Waals surface area (Å²) < 4.78 is 40.8. The van der Waals surface area contributed by atoms with Crippen LogP contribution in [0.5, 0.6) is 5.75 Å². The second-order valence-corrected chi connectivity index (χ2v) is 3.53. The van der Waals surface area contributed by atoms with Gasteiger partial charge in [-0.05, 0) is 13.0 Å². The third-order valence-electron chi connectivity index (χ3n) is 2.08. The normalized spacial score (nSPS) is 11.6. The zero-order valence-electron chi connectivity index (χ0n) is 9.19. The summed E-state index contributed by atoms with van der Waals surface area (Å²) in [6.07, 6.45) is -4.18. The van der Waals surface area contributed by atoms with Crippen molar-refractivity contribution in [3.05, 3.63) is 29.3 Å². The molecule has 0 unspecified atom stereocenters. The molecule has 0 spiro atoms. The Kier molecular flexibility index (Phi) is 4.18. The van der Waals surface area contributed by atoms with Crippen molar-refractivity contribution in [1.82, 2.24) is 5.32 Å². The minimum atomic E-state index is -4.18. The van der Waals surface area contributed by atoms with Crippen LogP contribution in [0.3, 0.4) is 0 Å². The summed E-state index contributed by atoms with van der Waals surface area (Å²) in [4.78, 5) is 0. The highest BCUT2D eigenvalue weighted by Crippen LogP contribution is 2.20. The van der Waals surface area contributed by atoms with Crippen molar-refractivity contribution in [2.45, 2.75) is 19.6 Å². The van der Waals surface area contributed by atoms with E-state index in [4.69, 9.17) is 4.74 Å². The average molecular weight is 233 g/mol. The minimum Gasteiger partial charge on any atom is -0.496 e. The van der Waals surface area contributed by atoms with Crippen LogP contribution in [0, 0.1) is 6.92 Å². The van der Waals surface area contributed by atoms with Gasteiger partial charge in [-0.15, -0.1) is 0 Å². The van der Waals surface area contributed by atoms with Crippen LogP contribution in [-0.2, 0) is 6.54 Å². The van der Waals surface area contributed by atoms with Gasteiger partial charge in [-0.25, -0.2) is 0 Å². The second kappa shape index (κ2) is 5.21. The van der Waals surface area contributed by atoms with Crippen molar-refractivity contribution in [2.75, 3.05) is 13.7 Å². The highest BCUT2D eigenvalue weighted by atomic mass is 19.4. The minimum absolute atomic E-state index is 0.143. The standard InChI is InChI=1S/C11H14F3NO/c1-8-3-4-10(16-2)9(5-8)6-15-7-11(12,13)14/h3-5,15H,6-7H2,1-2H3. The highest BCUT2D eigenvalue weighted by Gasteiger charge is 2.26. The summed E-state index contributed by atoms with van der Waals surface area (Å²) in [5.74, 6) is 0.597. The third kappa shape index (κ3) is 4.10. The number of ether oxygens (including phenoxy) is 1. The number of benzene rings is 1. The topological polar surface area (TPSA) is 21.3 Å². The SMILES string of the molecule is COc1ccc(C)cc1CNCC(F)(F)F. The molecule has 0 atom stereocenters. The number of halogens is 3. The fourth-order valence-corrected chi connectivity index (χ4v) is 1.38. The number of hydrogen-bond acceptors (Lipinski definition) is 2. The fourth-order valence-electron chi connectivity index (χ4n) is 1.38. The van der Waals surface area contributed by atoms with E-state index >= 15 is 0 Å². The molecule has 0 aliphatic heterocycles. The maximum absolute atomic E-state index is 11.9. The zero-order chi connectivity index (χ0) is 12.2. The van der Waals surface area contributed by atoms with Gasteiger partial charge in [-0.2, -0.15) is 13.2 Å². The van der Waals surface area contributed by atoms with Crippen molar-refractivity contribution in [1.29, 1.82) is 0 Å². The number of hydrogen-bond donors (Lipinski definition) is 1. The van der Waals surface area contributed by atoms with Crippen molar-refractivity contribution in [3.63, 3.8) is 0 Å². The summed E-state index contributed by atoms with van der Waals surface area (Å²) in [5, 5.41) is 2.34. The molecule has 0 aliphatic carbocycles. The van der Waals surface area contributed by atoms with Gasteiger partial charge in [0.25, 0.3) is 0 Å². The van der Waals surface area contributed by atoms with E-state index in [1.54, 1.807) is 6.07 Å². The summed E-state index contributed by atoms with van der Waals surface area (Å²) in [5.41, 5.74) is 1.72. The molecule has 0 fully saturated rings. The van der Waals surface area contributed by atoms with E-state index in [2.05, 4.69) is 5.32 Å². The Morgan fingerprint density at radius 3 is 2.56 bits per heavy atom. The van der Waals surface area contributed by atoms with Gasteiger partial charge in [0.05, 0.1) is 13.7 Å². The van der Waals surface area contributed by atoms with Crippen LogP contribution in [0.25, 0.3) is 0 Å². The Hall–Kier alpha value is -1.23. The van der Waals surface area contributed by atoms with E-state index in [0.717, 1.165) is 11.1 Å². The van der Waals surface area contributed by atoms with Crippen molar-refractivity contribution >= 4 is 0 Å². The lowest BCUT2D eigenvalue weighted by molar-refractivity contribution is -0.125. The van der Waals surface area contributed by atoms with Gasteiger partial charge in [-0.3, -0.25) is 0 Å². The molecule has 0 saturated carbocycles. The zero-order valence-corrected chi connectivity index (χ0v) is 9.19. The third-order valence-corrected chi connectivity index (χ3v) is 2.08. The Balaban J connectivity index is 2.62. The Morgan fingerprint density at radius 1 is 1.31 bits per heavy atom. The Labute approximate surface area is 92.4 Å². The van der Waals surface area contributed by atoms with E-state index in [0.29, 0.717) is 5.75 Å². The fraction of sp³-hybridized carbons (Fsp3) is 0.455. The number of alkyl halides is 3. The molecule has 2 nitrogen and oxygen atoms in total. The van der Waals surface area contributed by atoms with Gasteiger partial charge in [0.1, 0.15) is 5.75 Å². The number of aryl methyl sites for hydroxylation is 1. The molecule has 0 radical (unpaired) electrons. The van der Waals surface area contributed by atoms with Crippen molar-refractivity contribution < 1.29 is 17.9 Å². The van der Waals surface area contributed by atoms with Crippen LogP contribution in [0.4, 0.5) is 13.2 Å². The average Bonchev–Trinajstić information content (AvgIpc) is 2.16. The van der Waals surface area contributed by atoms with Crippen LogP contribution in [0.1, 0.15) is 11.1 Å². The Morgan fingerprint density at radius 2 is 2.00 bits per heavy atom. The first kappa shape index (κ1) is 12.8. The number of nitrogens with one attached hydrogen (secondary N) is 1. The maximum Gasteiger partial charge on any atom is 0.401 e. The lowest BCUT2D eigenvalue weighted by atomic mass is 10.1. The molecule has 0 amide bonds. The van der Waals surface area contributed by atoms with E-state index in [-0.39, 0.29) is 6.54 Å². The van der Waals surface area contributed by atoms with Crippen molar-refractivity contribution in [2.24, 2.45) is 0 Å². The molecule has 1 rings (SSSR count). The predicted octanol–water partition coefficient (Wildman–Crippen LogP) is 2.66. The lowest BCUT2D eigenvalue weighted by Gasteiger charge is -2.11. The first-order valence-electron chi connectivity index (χ1n) is 4.83. The van der Waals surface area contributed by atoms with Gasteiger partial charge >= 0.3 is 6.18 Å². The molecular formula is C11H14F3NO. The van der Waals surface area contributed by atoms with E-state index in [9.17, 15) is 13.2 Å². The number of methoxy groups -OCH3 is 1. The molecule has 5 heteroatoms. The highest BCUT2D eigenvalue weighted by molar-refractivity contribution is 5.36. The first-order valence-corrected chi connectivity index (χ1v) is 4.83. The van der Waals surface area contributed by atoms with Gasteiger partial charge in [0, 0.05) is 12.1 Å². The van der Waals surface area contributed by atoms with Crippen LogP contribution < -0.4 is 10.1 Å². The summed E-state index contributed by atoms with van der Waals surface area (Å²) >= 11 is 0. The second-order valence-electron chi connectivity index (χ2n) is 3.53. The van der Waals surface area contributed by atoms with Crippen LogP contribution >= 0.6 is 0 Å². The van der Waals surface area contributed by atoms with Gasteiger partial charge in [0.15, 0.2) is 0 Å². The quantitative estimate of drug-likeness (QED) is 0.863. The van der Waals surface area contributed by atoms with Crippen LogP contribution in [-0.4, -0.2) is 19.8 Å². The van der Waals surface area contributed by atoms with Crippen LogP contribution in [0.2, 0.25) is 0 Å². The summed E-state index contributed by atoms with van der Waals surface area (Å²) in [6, 6.07) is 5.41.